The van der Waals surface area contributed by atoms with E-state index in [1.54, 1.807) is 0 Å². The fourth-order valence-electron chi connectivity index (χ4n) is 4.30. The number of aliphatic hydroxyl groups is 1. The van der Waals surface area contributed by atoms with Gasteiger partial charge < -0.3 is 10.4 Å². The maximum Gasteiger partial charge on any atom is 0.106 e. The Kier molecular flexibility index (Phi) is 3.51. The number of hydrogen-bond donors (Lipinski definition) is 2. The molecule has 0 saturated carbocycles. The Bertz CT molecular complexity index is 648. The van der Waals surface area contributed by atoms with Crippen LogP contribution in [0.15, 0.2) is 54.6 Å². The lowest BCUT2D eigenvalue weighted by molar-refractivity contribution is -0.0128. The largest absolute Gasteiger partial charge is 0.383 e. The maximum absolute atomic E-state index is 11.5. The molecule has 0 radical (unpaired) electrons. The van der Waals surface area contributed by atoms with Gasteiger partial charge in [-0.15, -0.1) is 0 Å². The molecule has 1 aliphatic carbocycles. The summed E-state index contributed by atoms with van der Waals surface area (Å²) < 4.78 is 0. The first-order chi connectivity index (χ1) is 10.8. The topological polar surface area (TPSA) is 32.3 Å². The lowest BCUT2D eigenvalue weighted by atomic mass is 9.82. The monoisotopic (exact) mass is 293 g/mol. The third-order valence-electron chi connectivity index (χ3n) is 5.41. The molecule has 0 spiro atoms. The van der Waals surface area contributed by atoms with Gasteiger partial charge in [0.2, 0.25) is 0 Å². The first kappa shape index (κ1) is 14.0. The number of benzene rings is 2. The van der Waals surface area contributed by atoms with E-state index in [2.05, 4.69) is 59.9 Å². The molecule has 0 amide bonds. The minimum absolute atomic E-state index is 0.177. The van der Waals surface area contributed by atoms with E-state index in [-0.39, 0.29) is 6.04 Å². The summed E-state index contributed by atoms with van der Waals surface area (Å²) in [6.07, 6.45) is 4.27. The zero-order valence-corrected chi connectivity index (χ0v) is 12.8. The molecule has 2 aromatic carbocycles. The van der Waals surface area contributed by atoms with E-state index in [1.807, 2.05) is 0 Å². The van der Waals surface area contributed by atoms with Gasteiger partial charge in [0.15, 0.2) is 0 Å². The molecule has 0 bridgehead atoms. The summed E-state index contributed by atoms with van der Waals surface area (Å²) in [6, 6.07) is 19.2. The standard InChI is InChI=1S/C20H23NO/c22-20(19-12-6-7-13-21-19)14-17(15-8-2-1-3-9-15)16-10-4-5-11-18(16)20/h1-5,8-11,17,19,21-22H,6-7,12-14H2. The van der Waals surface area contributed by atoms with Crippen LogP contribution < -0.4 is 5.32 Å². The molecule has 1 heterocycles. The number of piperidine rings is 1. The Morgan fingerprint density at radius 2 is 1.73 bits per heavy atom. The molecule has 3 atom stereocenters. The molecule has 1 aliphatic heterocycles. The van der Waals surface area contributed by atoms with Crippen LogP contribution in [0.2, 0.25) is 0 Å². The molecule has 4 rings (SSSR count). The molecule has 2 N–H and O–H groups in total. The van der Waals surface area contributed by atoms with Crippen LogP contribution in [0, 0.1) is 0 Å². The second-order valence-corrected chi connectivity index (χ2v) is 6.68. The highest BCUT2D eigenvalue weighted by Crippen LogP contribution is 2.50. The lowest BCUT2D eigenvalue weighted by Crippen LogP contribution is -2.49. The fourth-order valence-corrected chi connectivity index (χ4v) is 4.30. The van der Waals surface area contributed by atoms with Crippen LogP contribution in [0.4, 0.5) is 0 Å². The van der Waals surface area contributed by atoms with Gasteiger partial charge in [-0.1, -0.05) is 61.0 Å². The van der Waals surface area contributed by atoms with E-state index in [9.17, 15) is 5.11 Å². The third kappa shape index (κ3) is 2.18. The number of hydrogen-bond acceptors (Lipinski definition) is 2. The Balaban J connectivity index is 1.76. The third-order valence-corrected chi connectivity index (χ3v) is 5.41. The Morgan fingerprint density at radius 1 is 0.955 bits per heavy atom. The van der Waals surface area contributed by atoms with Crippen LogP contribution in [0.3, 0.4) is 0 Å². The molecular formula is C20H23NO. The van der Waals surface area contributed by atoms with Gasteiger partial charge in [0.1, 0.15) is 5.60 Å². The fraction of sp³-hybridized carbons (Fsp3) is 0.400. The van der Waals surface area contributed by atoms with Crippen molar-refractivity contribution in [2.75, 3.05) is 6.54 Å². The van der Waals surface area contributed by atoms with Crippen molar-refractivity contribution in [3.05, 3.63) is 71.3 Å². The van der Waals surface area contributed by atoms with E-state index < -0.39 is 5.60 Å². The van der Waals surface area contributed by atoms with Gasteiger partial charge in [0, 0.05) is 12.0 Å². The van der Waals surface area contributed by atoms with Gasteiger partial charge in [0.05, 0.1) is 0 Å². The molecular weight excluding hydrogens is 270 g/mol. The normalized spacial score (nSPS) is 31.0. The zero-order chi connectivity index (χ0) is 15.0. The predicted molar refractivity (Wildman–Crippen MR) is 88.9 cm³/mol. The molecule has 2 heteroatoms. The predicted octanol–water partition coefficient (Wildman–Crippen LogP) is 3.55. The van der Waals surface area contributed by atoms with Crippen LogP contribution in [0.1, 0.15) is 48.3 Å². The molecule has 1 saturated heterocycles. The second kappa shape index (κ2) is 5.53. The smallest absolute Gasteiger partial charge is 0.106 e. The highest BCUT2D eigenvalue weighted by Gasteiger charge is 2.47. The number of nitrogens with one attached hydrogen (secondary N) is 1. The minimum Gasteiger partial charge on any atom is -0.383 e. The highest BCUT2D eigenvalue weighted by molar-refractivity contribution is 5.47. The first-order valence-electron chi connectivity index (χ1n) is 8.39. The lowest BCUT2D eigenvalue weighted by Gasteiger charge is -2.37. The Labute approximate surface area is 132 Å². The molecule has 3 unspecified atom stereocenters. The van der Waals surface area contributed by atoms with Gasteiger partial charge >= 0.3 is 0 Å². The first-order valence-corrected chi connectivity index (χ1v) is 8.39. The van der Waals surface area contributed by atoms with E-state index >= 15 is 0 Å². The van der Waals surface area contributed by atoms with E-state index in [0.29, 0.717) is 5.92 Å². The second-order valence-electron chi connectivity index (χ2n) is 6.68. The molecule has 2 aromatic rings. The van der Waals surface area contributed by atoms with Crippen molar-refractivity contribution < 1.29 is 5.11 Å². The molecule has 2 nitrogen and oxygen atoms in total. The Hall–Kier alpha value is -1.64. The van der Waals surface area contributed by atoms with Crippen molar-refractivity contribution in [2.24, 2.45) is 0 Å². The van der Waals surface area contributed by atoms with Gasteiger partial charge in [-0.2, -0.15) is 0 Å². The summed E-state index contributed by atoms with van der Waals surface area (Å²) in [5.74, 6) is 0.297. The summed E-state index contributed by atoms with van der Waals surface area (Å²) in [7, 11) is 0. The average Bonchev–Trinajstić information content (AvgIpc) is 2.91. The molecule has 0 aromatic heterocycles. The van der Waals surface area contributed by atoms with Gasteiger partial charge in [-0.25, -0.2) is 0 Å². The van der Waals surface area contributed by atoms with Crippen molar-refractivity contribution in [2.45, 2.75) is 43.2 Å². The number of rotatable bonds is 2. The van der Waals surface area contributed by atoms with Crippen LogP contribution in [0.5, 0.6) is 0 Å². The van der Waals surface area contributed by atoms with Gasteiger partial charge in [0.25, 0.3) is 0 Å². The number of fused-ring (bicyclic) bond motifs is 1. The molecule has 114 valence electrons. The van der Waals surface area contributed by atoms with Gasteiger partial charge in [-0.05, 0) is 42.5 Å². The molecule has 22 heavy (non-hydrogen) atoms. The molecule has 1 fully saturated rings. The van der Waals surface area contributed by atoms with Crippen LogP contribution in [-0.4, -0.2) is 17.7 Å². The van der Waals surface area contributed by atoms with E-state index in [4.69, 9.17) is 0 Å². The van der Waals surface area contributed by atoms with Crippen molar-refractivity contribution in [1.82, 2.24) is 5.32 Å². The summed E-state index contributed by atoms with van der Waals surface area (Å²) >= 11 is 0. The van der Waals surface area contributed by atoms with Crippen molar-refractivity contribution in [1.29, 1.82) is 0 Å². The highest BCUT2D eigenvalue weighted by atomic mass is 16.3. The summed E-state index contributed by atoms with van der Waals surface area (Å²) in [5, 5.41) is 15.1. The van der Waals surface area contributed by atoms with Crippen LogP contribution in [-0.2, 0) is 5.60 Å². The Morgan fingerprint density at radius 3 is 2.50 bits per heavy atom. The summed E-state index contributed by atoms with van der Waals surface area (Å²) in [4.78, 5) is 0. The molecule has 2 aliphatic rings. The van der Waals surface area contributed by atoms with E-state index in [1.165, 1.54) is 24.0 Å². The maximum atomic E-state index is 11.5. The van der Waals surface area contributed by atoms with Gasteiger partial charge in [-0.3, -0.25) is 0 Å². The zero-order valence-electron chi connectivity index (χ0n) is 12.8. The summed E-state index contributed by atoms with van der Waals surface area (Å²) in [6.45, 7) is 1.02. The SMILES string of the molecule is OC1(C2CCCCN2)CC(c2ccccc2)c2ccccc21. The van der Waals surface area contributed by atoms with E-state index in [0.717, 1.165) is 24.9 Å². The quantitative estimate of drug-likeness (QED) is 0.887. The average molecular weight is 293 g/mol. The van der Waals surface area contributed by atoms with Crippen molar-refractivity contribution in [3.8, 4) is 0 Å². The van der Waals surface area contributed by atoms with Crippen molar-refractivity contribution >= 4 is 0 Å². The minimum atomic E-state index is -0.739. The van der Waals surface area contributed by atoms with Crippen LogP contribution in [0.25, 0.3) is 0 Å². The summed E-state index contributed by atoms with van der Waals surface area (Å²) in [5.41, 5.74) is 2.99. The van der Waals surface area contributed by atoms with Crippen LogP contribution >= 0.6 is 0 Å². The van der Waals surface area contributed by atoms with Crippen molar-refractivity contribution in [3.63, 3.8) is 0 Å².